The highest BCUT2D eigenvalue weighted by Gasteiger charge is 2.26. The number of ketones is 1. The molecule has 0 aliphatic heterocycles. The molecule has 1 atom stereocenters. The Morgan fingerprint density at radius 2 is 1.93 bits per heavy atom. The van der Waals surface area contributed by atoms with Crippen molar-refractivity contribution in [1.29, 1.82) is 0 Å². The number of carbonyl (C=O) groups excluding carboxylic acids is 2. The molecule has 1 amide bonds. The first-order valence-electron chi connectivity index (χ1n) is 9.64. The number of amides is 1. The maximum Gasteiger partial charge on any atom is 0.475 e. The van der Waals surface area contributed by atoms with Crippen LogP contribution in [0.15, 0.2) is 47.6 Å². The van der Waals surface area contributed by atoms with Crippen molar-refractivity contribution in [2.75, 3.05) is 7.11 Å². The van der Waals surface area contributed by atoms with Crippen LogP contribution >= 0.6 is 0 Å². The third kappa shape index (κ3) is 6.66. The molecular weight excluding hydrogens is 357 g/mol. The van der Waals surface area contributed by atoms with Crippen LogP contribution < -0.4 is 10.1 Å². The molecule has 150 valence electrons. The zero-order valence-corrected chi connectivity index (χ0v) is 16.5. The van der Waals surface area contributed by atoms with Crippen LogP contribution in [0.25, 0.3) is 0 Å². The van der Waals surface area contributed by atoms with Gasteiger partial charge in [0.25, 0.3) is 0 Å². The van der Waals surface area contributed by atoms with Gasteiger partial charge in [-0.05, 0) is 49.9 Å². The lowest BCUT2D eigenvalue weighted by Gasteiger charge is -2.20. The molecule has 1 aromatic rings. The Morgan fingerprint density at radius 3 is 2.54 bits per heavy atom. The summed E-state index contributed by atoms with van der Waals surface area (Å²) in [6.07, 6.45) is 7.42. The van der Waals surface area contributed by atoms with Gasteiger partial charge < -0.3 is 20.1 Å². The second kappa shape index (κ2) is 10.8. The van der Waals surface area contributed by atoms with Crippen molar-refractivity contribution in [3.63, 3.8) is 0 Å². The second-order valence-corrected chi connectivity index (χ2v) is 6.92. The second-order valence-electron chi connectivity index (χ2n) is 6.92. The third-order valence-corrected chi connectivity index (χ3v) is 4.87. The lowest BCUT2D eigenvalue weighted by molar-refractivity contribution is -0.121. The number of rotatable bonds is 10. The zero-order chi connectivity index (χ0) is 20.5. The Bertz CT molecular complexity index is 740. The van der Waals surface area contributed by atoms with E-state index in [1.165, 1.54) is 5.57 Å². The Hall–Kier alpha value is -2.38. The van der Waals surface area contributed by atoms with E-state index in [2.05, 4.69) is 24.4 Å². The van der Waals surface area contributed by atoms with Crippen molar-refractivity contribution in [2.45, 2.75) is 51.4 Å². The topological polar surface area (TPSA) is 95.9 Å². The monoisotopic (exact) mass is 385 g/mol. The van der Waals surface area contributed by atoms with Gasteiger partial charge in [0.1, 0.15) is 5.75 Å². The van der Waals surface area contributed by atoms with E-state index in [0.29, 0.717) is 17.7 Å². The van der Waals surface area contributed by atoms with Gasteiger partial charge in [-0.25, -0.2) is 0 Å². The summed E-state index contributed by atoms with van der Waals surface area (Å²) in [6.45, 7) is 2.09. The first-order chi connectivity index (χ1) is 13.4. The van der Waals surface area contributed by atoms with Gasteiger partial charge >= 0.3 is 7.12 Å². The number of benzene rings is 1. The smallest absolute Gasteiger partial charge is 0.475 e. The predicted octanol–water partition coefficient (Wildman–Crippen LogP) is 2.60. The highest BCUT2D eigenvalue weighted by Crippen LogP contribution is 2.23. The summed E-state index contributed by atoms with van der Waals surface area (Å²) >= 11 is 0. The van der Waals surface area contributed by atoms with Crippen LogP contribution in [0.3, 0.4) is 0 Å². The summed E-state index contributed by atoms with van der Waals surface area (Å²) in [5.74, 6) is -0.672. The highest BCUT2D eigenvalue weighted by molar-refractivity contribution is 6.43. The van der Waals surface area contributed by atoms with E-state index < -0.39 is 13.1 Å². The average molecular weight is 385 g/mol. The number of allylic oxidation sites excluding steroid dienone is 3. The summed E-state index contributed by atoms with van der Waals surface area (Å²) in [6, 6.07) is 6.71. The Kier molecular flexibility index (Phi) is 8.48. The molecule has 0 heterocycles. The molecule has 2 rings (SSSR count). The van der Waals surface area contributed by atoms with E-state index in [4.69, 9.17) is 4.74 Å². The van der Waals surface area contributed by atoms with Gasteiger partial charge in [0, 0.05) is 18.4 Å². The molecule has 0 fully saturated rings. The van der Waals surface area contributed by atoms with Gasteiger partial charge in [0.15, 0.2) is 5.78 Å². The highest BCUT2D eigenvalue weighted by atomic mass is 16.5. The molecule has 0 bridgehead atoms. The number of hydrogen-bond donors (Lipinski definition) is 3. The summed E-state index contributed by atoms with van der Waals surface area (Å²) < 4.78 is 5.06. The van der Waals surface area contributed by atoms with Crippen molar-refractivity contribution in [2.24, 2.45) is 0 Å². The molecule has 3 N–H and O–H groups in total. The fraction of sp³-hybridized carbons (Fsp3) is 0.429. The fourth-order valence-electron chi connectivity index (χ4n) is 3.17. The summed E-state index contributed by atoms with van der Waals surface area (Å²) in [7, 11) is -0.113. The van der Waals surface area contributed by atoms with E-state index in [1.807, 2.05) is 0 Å². The quantitative estimate of drug-likeness (QED) is 0.425. The Labute approximate surface area is 166 Å². The lowest BCUT2D eigenvalue weighted by atomic mass is 9.74. The molecule has 0 aromatic heterocycles. The number of nitrogens with one attached hydrogen (secondary N) is 1. The number of carbonyl (C=O) groups is 2. The third-order valence-electron chi connectivity index (χ3n) is 4.87. The van der Waals surface area contributed by atoms with Crippen molar-refractivity contribution in [3.8, 4) is 5.75 Å². The van der Waals surface area contributed by atoms with Gasteiger partial charge in [0.05, 0.1) is 13.1 Å². The minimum absolute atomic E-state index is 0.0107. The standard InChI is InChI=1S/C21H28BNO5/c1-3-15-5-4-6-16(13-15)14-20(22(26)27)23-21(25)12-11-19(24)17-7-9-18(28-2)10-8-17/h6-10,13,20,26-27H,3-5,11-12,14H2,1-2H3,(H,23,25)/t20-/m0/s1. The molecule has 0 saturated carbocycles. The molecule has 7 heteroatoms. The van der Waals surface area contributed by atoms with Crippen molar-refractivity contribution < 1.29 is 24.4 Å². The van der Waals surface area contributed by atoms with E-state index in [1.54, 1.807) is 31.4 Å². The fourth-order valence-corrected chi connectivity index (χ4v) is 3.17. The van der Waals surface area contributed by atoms with Gasteiger partial charge in [0.2, 0.25) is 5.91 Å². The number of Topliss-reactive ketones (excluding diaryl/α,β-unsaturated/α-hetero) is 1. The molecule has 1 aromatic carbocycles. The van der Waals surface area contributed by atoms with E-state index in [0.717, 1.165) is 24.8 Å². The van der Waals surface area contributed by atoms with E-state index in [9.17, 15) is 19.6 Å². The molecule has 1 aliphatic carbocycles. The first kappa shape index (κ1) is 21.9. The molecule has 0 unspecified atom stereocenters. The van der Waals surface area contributed by atoms with Crippen molar-refractivity contribution in [3.05, 3.63) is 53.1 Å². The molecule has 1 aliphatic rings. The molecule has 6 nitrogen and oxygen atoms in total. The molecule has 0 saturated heterocycles. The maximum atomic E-state index is 12.2. The van der Waals surface area contributed by atoms with Gasteiger partial charge in [-0.2, -0.15) is 0 Å². The largest absolute Gasteiger partial charge is 0.497 e. The molecule has 28 heavy (non-hydrogen) atoms. The van der Waals surface area contributed by atoms with Crippen LogP contribution in [0.2, 0.25) is 0 Å². The van der Waals surface area contributed by atoms with Crippen LogP contribution in [0, 0.1) is 0 Å². The average Bonchev–Trinajstić information content (AvgIpc) is 2.71. The lowest BCUT2D eigenvalue weighted by Crippen LogP contribution is -2.46. The first-order valence-corrected chi connectivity index (χ1v) is 9.64. The van der Waals surface area contributed by atoms with Gasteiger partial charge in [-0.3, -0.25) is 9.59 Å². The van der Waals surface area contributed by atoms with Crippen LogP contribution in [0.1, 0.15) is 55.8 Å². The predicted molar refractivity (Wildman–Crippen MR) is 109 cm³/mol. The van der Waals surface area contributed by atoms with Crippen LogP contribution in [0.5, 0.6) is 5.75 Å². The number of ether oxygens (including phenoxy) is 1. The van der Waals surface area contributed by atoms with Crippen molar-refractivity contribution in [1.82, 2.24) is 5.32 Å². The zero-order valence-electron chi connectivity index (χ0n) is 16.5. The summed E-state index contributed by atoms with van der Waals surface area (Å²) in [5.41, 5.74) is 2.83. The molecule has 0 radical (unpaired) electrons. The normalized spacial score (nSPS) is 14.6. The Balaban J connectivity index is 1.87. The number of methoxy groups -OCH3 is 1. The summed E-state index contributed by atoms with van der Waals surface area (Å²) in [4.78, 5) is 24.4. The SMILES string of the molecule is CCC1=CC(C[C@H](NC(=O)CCC(=O)c2ccc(OC)cc2)B(O)O)=CCC1. The minimum atomic E-state index is -1.66. The van der Waals surface area contributed by atoms with Crippen LogP contribution in [0.4, 0.5) is 0 Å². The molecular formula is C21H28BNO5. The summed E-state index contributed by atoms with van der Waals surface area (Å²) in [5, 5.41) is 21.9. The van der Waals surface area contributed by atoms with Crippen LogP contribution in [-0.4, -0.2) is 41.9 Å². The number of hydrogen-bond acceptors (Lipinski definition) is 5. The van der Waals surface area contributed by atoms with Crippen LogP contribution in [-0.2, 0) is 4.79 Å². The molecule has 0 spiro atoms. The Morgan fingerprint density at radius 1 is 1.21 bits per heavy atom. The van der Waals surface area contributed by atoms with Crippen molar-refractivity contribution >= 4 is 18.8 Å². The maximum absolute atomic E-state index is 12.2. The van der Waals surface area contributed by atoms with Gasteiger partial charge in [-0.1, -0.05) is 30.2 Å². The van der Waals surface area contributed by atoms with Gasteiger partial charge in [-0.15, -0.1) is 0 Å². The van der Waals surface area contributed by atoms with E-state index >= 15 is 0 Å². The van der Waals surface area contributed by atoms with E-state index in [-0.39, 0.29) is 24.5 Å². The minimum Gasteiger partial charge on any atom is -0.497 e.